The molecule has 1 amide bonds. The molecule has 1 N–H and O–H groups in total. The number of carbonyl (C=O) groups is 1. The molecule has 140 valence electrons. The minimum absolute atomic E-state index is 0.0560. The van der Waals surface area contributed by atoms with Gasteiger partial charge in [0.25, 0.3) is 0 Å². The fraction of sp³-hybridized carbons (Fsp3) is 0.208. The van der Waals surface area contributed by atoms with Crippen molar-refractivity contribution in [1.29, 1.82) is 0 Å². The minimum atomic E-state index is -0.224. The van der Waals surface area contributed by atoms with E-state index in [9.17, 15) is 4.79 Å². The number of hydrogen-bond donors (Lipinski definition) is 1. The Morgan fingerprint density at radius 1 is 0.964 bits per heavy atom. The van der Waals surface area contributed by atoms with Gasteiger partial charge in [-0.1, -0.05) is 42.5 Å². The topological polar surface area (TPSA) is 41.6 Å². The summed E-state index contributed by atoms with van der Waals surface area (Å²) in [7, 11) is 1.68. The summed E-state index contributed by atoms with van der Waals surface area (Å²) in [5, 5.41) is 3.11. The molecule has 0 saturated carbocycles. The maximum absolute atomic E-state index is 13.1. The van der Waals surface area contributed by atoms with E-state index in [1.54, 1.807) is 7.11 Å². The maximum Gasteiger partial charge on any atom is 0.234 e. The number of rotatable bonds is 3. The summed E-state index contributed by atoms with van der Waals surface area (Å²) in [6.45, 7) is 0.853. The van der Waals surface area contributed by atoms with Crippen LogP contribution in [0.4, 0.5) is 11.4 Å². The maximum atomic E-state index is 13.1. The lowest BCUT2D eigenvalue weighted by Crippen LogP contribution is -2.35. The number of carbonyl (C=O) groups excluding carboxylic acids is 1. The molecule has 28 heavy (non-hydrogen) atoms. The van der Waals surface area contributed by atoms with Crippen molar-refractivity contribution >= 4 is 17.3 Å². The van der Waals surface area contributed by atoms with E-state index in [0.29, 0.717) is 0 Å². The van der Waals surface area contributed by atoms with Gasteiger partial charge < -0.3 is 15.0 Å². The highest BCUT2D eigenvalue weighted by Gasteiger charge is 2.43. The molecule has 0 radical (unpaired) electrons. The van der Waals surface area contributed by atoms with Crippen LogP contribution in [0, 0.1) is 0 Å². The summed E-state index contributed by atoms with van der Waals surface area (Å²) < 4.78 is 5.33. The standard InChI is InChI=1S/C24H22N2O2/c1-28-19-12-10-18(11-13-19)26-15-14-16-8-5-9-20-21(16)22(24(27)25-20)23(26)17-6-3-2-4-7-17/h2-13,22-23H,14-15H2,1H3,(H,25,27)/t22-,23-/m1/s1. The van der Waals surface area contributed by atoms with Gasteiger partial charge in [0.2, 0.25) is 5.91 Å². The van der Waals surface area contributed by atoms with Crippen LogP contribution in [0.15, 0.2) is 72.8 Å². The average Bonchev–Trinajstić information content (AvgIpc) is 2.97. The number of methoxy groups -OCH3 is 1. The van der Waals surface area contributed by atoms with E-state index < -0.39 is 0 Å². The van der Waals surface area contributed by atoms with Crippen molar-refractivity contribution in [2.45, 2.75) is 18.4 Å². The van der Waals surface area contributed by atoms with Crippen LogP contribution in [0.2, 0.25) is 0 Å². The Morgan fingerprint density at radius 2 is 1.75 bits per heavy atom. The minimum Gasteiger partial charge on any atom is -0.497 e. The quantitative estimate of drug-likeness (QED) is 0.736. The molecule has 0 aliphatic carbocycles. The summed E-state index contributed by atoms with van der Waals surface area (Å²) in [5.74, 6) is 0.689. The number of hydrogen-bond acceptors (Lipinski definition) is 3. The predicted octanol–water partition coefficient (Wildman–Crippen LogP) is 4.53. The van der Waals surface area contributed by atoms with Crippen LogP contribution in [0.25, 0.3) is 0 Å². The monoisotopic (exact) mass is 370 g/mol. The van der Waals surface area contributed by atoms with Crippen molar-refractivity contribution in [3.8, 4) is 5.75 Å². The lowest BCUT2D eigenvalue weighted by molar-refractivity contribution is -0.117. The Kier molecular flexibility index (Phi) is 4.05. The molecule has 4 nitrogen and oxygen atoms in total. The Hall–Kier alpha value is -3.27. The molecule has 3 aromatic carbocycles. The summed E-state index contributed by atoms with van der Waals surface area (Å²) in [4.78, 5) is 15.5. The van der Waals surface area contributed by atoms with Gasteiger partial charge in [0, 0.05) is 17.9 Å². The third kappa shape index (κ3) is 2.64. The Morgan fingerprint density at radius 3 is 2.50 bits per heavy atom. The van der Waals surface area contributed by atoms with Crippen LogP contribution in [0.5, 0.6) is 5.75 Å². The van der Waals surface area contributed by atoms with Crippen LogP contribution < -0.4 is 15.0 Å². The number of anilines is 2. The fourth-order valence-corrected chi connectivity index (χ4v) is 4.60. The van der Waals surface area contributed by atoms with Crippen molar-refractivity contribution < 1.29 is 9.53 Å². The van der Waals surface area contributed by atoms with Gasteiger partial charge in [-0.2, -0.15) is 0 Å². The molecule has 0 spiro atoms. The summed E-state index contributed by atoms with van der Waals surface area (Å²) >= 11 is 0. The number of ether oxygens (including phenoxy) is 1. The van der Waals surface area contributed by atoms with Crippen molar-refractivity contribution in [3.05, 3.63) is 89.5 Å². The van der Waals surface area contributed by atoms with Crippen LogP contribution in [0.1, 0.15) is 28.7 Å². The van der Waals surface area contributed by atoms with E-state index >= 15 is 0 Å². The van der Waals surface area contributed by atoms with Crippen molar-refractivity contribution in [3.63, 3.8) is 0 Å². The van der Waals surface area contributed by atoms with Gasteiger partial charge in [-0.3, -0.25) is 4.79 Å². The Bertz CT molecular complexity index is 1010. The molecular weight excluding hydrogens is 348 g/mol. The Labute approximate surface area is 164 Å². The molecule has 0 bridgehead atoms. The first kappa shape index (κ1) is 16.9. The first-order valence-electron chi connectivity index (χ1n) is 9.64. The molecule has 0 fully saturated rings. The predicted molar refractivity (Wildman–Crippen MR) is 111 cm³/mol. The highest BCUT2D eigenvalue weighted by Crippen LogP contribution is 2.48. The molecule has 5 rings (SSSR count). The molecule has 2 atom stereocenters. The van der Waals surface area contributed by atoms with Gasteiger partial charge in [0.05, 0.1) is 19.1 Å². The van der Waals surface area contributed by atoms with Crippen LogP contribution >= 0.6 is 0 Å². The molecule has 2 heterocycles. The van der Waals surface area contributed by atoms with E-state index in [4.69, 9.17) is 4.74 Å². The van der Waals surface area contributed by atoms with Gasteiger partial charge in [-0.15, -0.1) is 0 Å². The highest BCUT2D eigenvalue weighted by atomic mass is 16.5. The second kappa shape index (κ2) is 6.71. The normalized spacial score (nSPS) is 20.3. The van der Waals surface area contributed by atoms with Crippen molar-refractivity contribution in [2.24, 2.45) is 0 Å². The molecule has 2 aliphatic heterocycles. The van der Waals surface area contributed by atoms with Crippen LogP contribution in [-0.2, 0) is 11.2 Å². The lowest BCUT2D eigenvalue weighted by Gasteiger charge is -2.35. The molecule has 4 heteroatoms. The molecule has 0 aromatic heterocycles. The van der Waals surface area contributed by atoms with E-state index in [1.807, 2.05) is 42.5 Å². The van der Waals surface area contributed by atoms with Gasteiger partial charge >= 0.3 is 0 Å². The van der Waals surface area contributed by atoms with E-state index in [2.05, 4.69) is 40.5 Å². The SMILES string of the molecule is COc1ccc(N2CCc3cccc4c3[C@@H](C(=O)N4)[C@H]2c2ccccc2)cc1. The van der Waals surface area contributed by atoms with E-state index in [0.717, 1.165) is 41.2 Å². The molecular formula is C24H22N2O2. The second-order valence-electron chi connectivity index (χ2n) is 7.34. The smallest absolute Gasteiger partial charge is 0.234 e. The third-order valence-corrected chi connectivity index (χ3v) is 5.87. The highest BCUT2D eigenvalue weighted by molar-refractivity contribution is 6.04. The third-order valence-electron chi connectivity index (χ3n) is 5.87. The number of nitrogens with one attached hydrogen (secondary N) is 1. The number of nitrogens with zero attached hydrogens (tertiary/aromatic N) is 1. The van der Waals surface area contributed by atoms with Gasteiger partial charge in [0.1, 0.15) is 5.75 Å². The second-order valence-corrected chi connectivity index (χ2v) is 7.34. The zero-order valence-corrected chi connectivity index (χ0v) is 15.8. The zero-order chi connectivity index (χ0) is 19.1. The van der Waals surface area contributed by atoms with Gasteiger partial charge in [-0.25, -0.2) is 0 Å². The first-order valence-corrected chi connectivity index (χ1v) is 9.64. The van der Waals surface area contributed by atoms with Crippen LogP contribution in [0.3, 0.4) is 0 Å². The molecule has 2 aliphatic rings. The molecule has 0 unspecified atom stereocenters. The fourth-order valence-electron chi connectivity index (χ4n) is 4.60. The molecule has 3 aromatic rings. The van der Waals surface area contributed by atoms with Crippen molar-refractivity contribution in [2.75, 3.05) is 23.9 Å². The Balaban J connectivity index is 1.68. The largest absolute Gasteiger partial charge is 0.497 e. The van der Waals surface area contributed by atoms with E-state index in [1.165, 1.54) is 5.56 Å². The van der Waals surface area contributed by atoms with Crippen molar-refractivity contribution in [1.82, 2.24) is 0 Å². The zero-order valence-electron chi connectivity index (χ0n) is 15.8. The number of amides is 1. The number of benzene rings is 3. The van der Waals surface area contributed by atoms with E-state index in [-0.39, 0.29) is 17.9 Å². The average molecular weight is 370 g/mol. The summed E-state index contributed by atoms with van der Waals surface area (Å²) in [6, 6.07) is 24.7. The molecule has 0 saturated heterocycles. The van der Waals surface area contributed by atoms with Gasteiger partial charge in [-0.05, 0) is 53.4 Å². The lowest BCUT2D eigenvalue weighted by atomic mass is 9.85. The first-order chi connectivity index (χ1) is 13.8. The summed E-state index contributed by atoms with van der Waals surface area (Å²) in [5.41, 5.74) is 5.65. The summed E-state index contributed by atoms with van der Waals surface area (Å²) in [6.07, 6.45) is 0.907. The van der Waals surface area contributed by atoms with Crippen LogP contribution in [-0.4, -0.2) is 19.6 Å². The van der Waals surface area contributed by atoms with Gasteiger partial charge in [0.15, 0.2) is 0 Å².